The van der Waals surface area contributed by atoms with Crippen molar-refractivity contribution in [2.45, 2.75) is 18.9 Å². The van der Waals surface area contributed by atoms with Crippen LogP contribution in [0.15, 0.2) is 12.1 Å². The van der Waals surface area contributed by atoms with Crippen LogP contribution >= 0.6 is 0 Å². The van der Waals surface area contributed by atoms with Crippen molar-refractivity contribution >= 4 is 11.6 Å². The Balaban J connectivity index is 1.86. The summed E-state index contributed by atoms with van der Waals surface area (Å²) in [4.78, 5) is 15.4. The van der Waals surface area contributed by atoms with Gasteiger partial charge >= 0.3 is 0 Å². The summed E-state index contributed by atoms with van der Waals surface area (Å²) in [5.41, 5.74) is 4.80. The van der Waals surface area contributed by atoms with Gasteiger partial charge in [0.15, 0.2) is 0 Å². The largest absolute Gasteiger partial charge is 0.369 e. The summed E-state index contributed by atoms with van der Waals surface area (Å²) < 4.78 is 27.6. The molecule has 0 radical (unpaired) electrons. The number of primary amides is 1. The topological polar surface area (TPSA) is 49.6 Å². The number of carbonyl (C=O) groups is 1. The maximum Gasteiger partial charge on any atom is 0.254 e. The lowest BCUT2D eigenvalue weighted by atomic mass is 10.1. The highest BCUT2D eigenvalue weighted by Gasteiger charge is 2.31. The van der Waals surface area contributed by atoms with E-state index in [1.807, 2.05) is 4.90 Å². The van der Waals surface area contributed by atoms with Gasteiger partial charge in [0, 0.05) is 31.4 Å². The first-order valence-corrected chi connectivity index (χ1v) is 6.84. The van der Waals surface area contributed by atoms with Crippen molar-refractivity contribution < 1.29 is 13.6 Å². The average Bonchev–Trinajstić information content (AvgIpc) is 2.84. The second-order valence-electron chi connectivity index (χ2n) is 5.43. The van der Waals surface area contributed by atoms with Crippen molar-refractivity contribution in [3.05, 3.63) is 29.3 Å². The molecule has 0 bridgehead atoms. The number of fused-ring (bicyclic) bond motifs is 1. The van der Waals surface area contributed by atoms with Crippen LogP contribution < -0.4 is 10.6 Å². The average molecular weight is 281 g/mol. The molecule has 2 saturated heterocycles. The van der Waals surface area contributed by atoms with Gasteiger partial charge in [-0.05, 0) is 31.5 Å². The van der Waals surface area contributed by atoms with E-state index in [0.29, 0.717) is 11.7 Å². The van der Waals surface area contributed by atoms with Crippen LogP contribution in [0.4, 0.5) is 14.5 Å². The summed E-state index contributed by atoms with van der Waals surface area (Å²) >= 11 is 0. The Labute approximate surface area is 116 Å². The maximum absolute atomic E-state index is 13.8. The Morgan fingerprint density at radius 1 is 1.20 bits per heavy atom. The van der Waals surface area contributed by atoms with Crippen molar-refractivity contribution in [1.29, 1.82) is 0 Å². The summed E-state index contributed by atoms with van der Waals surface area (Å²) in [5, 5.41) is 0. The summed E-state index contributed by atoms with van der Waals surface area (Å²) in [7, 11) is 0. The van der Waals surface area contributed by atoms with Crippen LogP contribution in [0.3, 0.4) is 0 Å². The van der Waals surface area contributed by atoms with Crippen molar-refractivity contribution in [3.8, 4) is 0 Å². The second-order valence-corrected chi connectivity index (χ2v) is 5.43. The summed E-state index contributed by atoms with van der Waals surface area (Å²) in [6, 6.07) is 2.87. The fraction of sp³-hybridized carbons (Fsp3) is 0.500. The molecule has 1 aromatic carbocycles. The zero-order valence-corrected chi connectivity index (χ0v) is 11.1. The molecule has 2 aliphatic heterocycles. The molecule has 6 heteroatoms. The zero-order valence-electron chi connectivity index (χ0n) is 11.1. The third kappa shape index (κ3) is 2.24. The number of hydrogen-bond donors (Lipinski definition) is 1. The smallest absolute Gasteiger partial charge is 0.254 e. The monoisotopic (exact) mass is 281 g/mol. The lowest BCUT2D eigenvalue weighted by Crippen LogP contribution is -2.50. The molecule has 1 atom stereocenters. The molecule has 20 heavy (non-hydrogen) atoms. The predicted octanol–water partition coefficient (Wildman–Crippen LogP) is 1.35. The highest BCUT2D eigenvalue weighted by Crippen LogP contribution is 2.27. The van der Waals surface area contributed by atoms with Gasteiger partial charge in [-0.15, -0.1) is 0 Å². The number of carbonyl (C=O) groups excluding carboxylic acids is 1. The van der Waals surface area contributed by atoms with Crippen molar-refractivity contribution in [3.63, 3.8) is 0 Å². The minimum Gasteiger partial charge on any atom is -0.369 e. The summed E-state index contributed by atoms with van der Waals surface area (Å²) in [6.45, 7) is 3.54. The highest BCUT2D eigenvalue weighted by atomic mass is 19.1. The molecule has 1 amide bonds. The molecule has 0 aromatic heterocycles. The van der Waals surface area contributed by atoms with E-state index in [1.165, 1.54) is 18.6 Å². The van der Waals surface area contributed by atoms with Crippen LogP contribution in [0.25, 0.3) is 0 Å². The molecule has 2 N–H and O–H groups in total. The summed E-state index contributed by atoms with van der Waals surface area (Å²) in [5.74, 6) is -2.85. The van der Waals surface area contributed by atoms with Crippen molar-refractivity contribution in [2.24, 2.45) is 5.73 Å². The third-order valence-electron chi connectivity index (χ3n) is 4.23. The first kappa shape index (κ1) is 13.3. The van der Waals surface area contributed by atoms with Gasteiger partial charge < -0.3 is 10.6 Å². The van der Waals surface area contributed by atoms with Crippen LogP contribution in [0.1, 0.15) is 23.2 Å². The van der Waals surface area contributed by atoms with Crippen LogP contribution in [-0.4, -0.2) is 43.0 Å². The minimum atomic E-state index is -1.08. The molecule has 1 aromatic rings. The number of piperazine rings is 1. The number of benzene rings is 1. The van der Waals surface area contributed by atoms with Gasteiger partial charge in [-0.25, -0.2) is 8.78 Å². The van der Waals surface area contributed by atoms with Gasteiger partial charge in [-0.3, -0.25) is 9.69 Å². The third-order valence-corrected chi connectivity index (χ3v) is 4.23. The van der Waals surface area contributed by atoms with Gasteiger partial charge in [0.1, 0.15) is 17.2 Å². The Hall–Kier alpha value is -1.69. The van der Waals surface area contributed by atoms with Crippen molar-refractivity contribution in [2.75, 3.05) is 31.1 Å². The molecule has 0 spiro atoms. The fourth-order valence-electron chi connectivity index (χ4n) is 3.20. The van der Waals surface area contributed by atoms with Crippen LogP contribution in [0, 0.1) is 11.6 Å². The Kier molecular flexibility index (Phi) is 3.33. The van der Waals surface area contributed by atoms with E-state index >= 15 is 0 Å². The number of nitrogens with two attached hydrogens (primary N) is 1. The Bertz CT molecular complexity index is 526. The molecule has 2 heterocycles. The Morgan fingerprint density at radius 2 is 1.90 bits per heavy atom. The quantitative estimate of drug-likeness (QED) is 0.890. The van der Waals surface area contributed by atoms with Crippen molar-refractivity contribution in [1.82, 2.24) is 4.90 Å². The Morgan fingerprint density at radius 3 is 2.55 bits per heavy atom. The van der Waals surface area contributed by atoms with Gasteiger partial charge in [0.25, 0.3) is 5.91 Å². The lowest BCUT2D eigenvalue weighted by Gasteiger charge is -2.38. The molecule has 3 rings (SSSR count). The van der Waals surface area contributed by atoms with E-state index in [2.05, 4.69) is 4.90 Å². The van der Waals surface area contributed by atoms with E-state index < -0.39 is 23.1 Å². The molecule has 4 nitrogen and oxygen atoms in total. The second kappa shape index (κ2) is 5.01. The normalized spacial score (nSPS) is 22.9. The number of amides is 1. The number of hydrogen-bond acceptors (Lipinski definition) is 3. The van der Waals surface area contributed by atoms with E-state index in [-0.39, 0.29) is 0 Å². The van der Waals surface area contributed by atoms with E-state index in [1.54, 1.807) is 0 Å². The molecular weight excluding hydrogens is 264 g/mol. The molecule has 2 fully saturated rings. The number of nitrogens with zero attached hydrogens (tertiary/aromatic N) is 2. The van der Waals surface area contributed by atoms with Crippen LogP contribution in [-0.2, 0) is 0 Å². The predicted molar refractivity (Wildman–Crippen MR) is 71.7 cm³/mol. The van der Waals surface area contributed by atoms with E-state index in [9.17, 15) is 13.6 Å². The fourth-order valence-corrected chi connectivity index (χ4v) is 3.20. The van der Waals surface area contributed by atoms with Crippen LogP contribution in [0.5, 0.6) is 0 Å². The molecule has 2 aliphatic rings. The van der Waals surface area contributed by atoms with Gasteiger partial charge in [-0.2, -0.15) is 0 Å². The summed E-state index contributed by atoms with van der Waals surface area (Å²) in [6.07, 6.45) is 2.31. The van der Waals surface area contributed by atoms with Crippen LogP contribution in [0.2, 0.25) is 0 Å². The SMILES string of the molecule is NC(=O)c1c(F)cc(N2CCN3CCC[C@H]3C2)cc1F. The number of halogens is 2. The zero-order chi connectivity index (χ0) is 14.3. The molecule has 0 aliphatic carbocycles. The first-order chi connectivity index (χ1) is 9.56. The molecular formula is C14H17F2N3O. The number of rotatable bonds is 2. The number of anilines is 1. The first-order valence-electron chi connectivity index (χ1n) is 6.84. The molecule has 108 valence electrons. The standard InChI is InChI=1S/C14H17F2N3O/c15-11-6-10(7-12(16)13(11)14(17)20)19-5-4-18-3-1-2-9(18)8-19/h6-7,9H,1-5,8H2,(H2,17,20)/t9-/m0/s1. The molecule has 0 saturated carbocycles. The maximum atomic E-state index is 13.8. The van der Waals surface area contributed by atoms with Gasteiger partial charge in [0.05, 0.1) is 0 Å². The van der Waals surface area contributed by atoms with E-state index in [0.717, 1.165) is 32.6 Å². The molecule has 0 unspecified atom stereocenters. The van der Waals surface area contributed by atoms with E-state index in [4.69, 9.17) is 5.73 Å². The van der Waals surface area contributed by atoms with Gasteiger partial charge in [-0.1, -0.05) is 0 Å². The highest BCUT2D eigenvalue weighted by molar-refractivity contribution is 5.93. The lowest BCUT2D eigenvalue weighted by molar-refractivity contribution is 0.0992. The minimum absolute atomic E-state index is 0.464. The van der Waals surface area contributed by atoms with Gasteiger partial charge in [0.2, 0.25) is 0 Å².